The number of para-hydroxylation sites is 1. The van der Waals surface area contributed by atoms with Gasteiger partial charge in [-0.15, -0.1) is 0 Å². The summed E-state index contributed by atoms with van der Waals surface area (Å²) in [7, 11) is 3.17. The normalized spacial score (nSPS) is 11.2. The van der Waals surface area contributed by atoms with E-state index in [1.165, 1.54) is 21.3 Å². The van der Waals surface area contributed by atoms with E-state index in [4.69, 9.17) is 4.74 Å². The highest BCUT2D eigenvalue weighted by Crippen LogP contribution is 2.31. The number of hydrogen-bond acceptors (Lipinski definition) is 4. The standard InChI is InChI=1S/C23H23FN4O3/c1-4-13-27-22(29)19-21(26(2)23(27)30)25-20(17-7-5-6-8-18(17)31-3)28(19)14-15-9-11-16(24)12-10-15/h5-12H,4,13-14H2,1-3H3. The van der Waals surface area contributed by atoms with Gasteiger partial charge in [0.2, 0.25) is 0 Å². The third kappa shape index (κ3) is 3.54. The van der Waals surface area contributed by atoms with E-state index in [0.717, 1.165) is 5.56 Å². The lowest BCUT2D eigenvalue weighted by molar-refractivity contribution is 0.416. The van der Waals surface area contributed by atoms with Crippen LogP contribution in [0.4, 0.5) is 4.39 Å². The lowest BCUT2D eigenvalue weighted by Gasteiger charge is -2.12. The number of benzene rings is 2. The lowest BCUT2D eigenvalue weighted by atomic mass is 10.1. The summed E-state index contributed by atoms with van der Waals surface area (Å²) in [6.07, 6.45) is 0.645. The molecule has 160 valence electrons. The van der Waals surface area contributed by atoms with E-state index >= 15 is 0 Å². The number of methoxy groups -OCH3 is 1. The molecule has 0 aliphatic carbocycles. The van der Waals surface area contributed by atoms with Gasteiger partial charge in [0.1, 0.15) is 17.4 Å². The average Bonchev–Trinajstić information content (AvgIpc) is 3.16. The van der Waals surface area contributed by atoms with E-state index in [1.807, 2.05) is 31.2 Å². The molecule has 4 rings (SSSR count). The van der Waals surface area contributed by atoms with Crippen LogP contribution in [0.3, 0.4) is 0 Å². The molecule has 0 amide bonds. The third-order valence-electron chi connectivity index (χ3n) is 5.28. The van der Waals surface area contributed by atoms with Crippen LogP contribution in [0, 0.1) is 5.82 Å². The first-order valence-corrected chi connectivity index (χ1v) is 10.0. The quantitative estimate of drug-likeness (QED) is 0.479. The summed E-state index contributed by atoms with van der Waals surface area (Å²) in [5.41, 5.74) is 1.31. The zero-order valence-electron chi connectivity index (χ0n) is 17.6. The van der Waals surface area contributed by atoms with Crippen molar-refractivity contribution in [3.63, 3.8) is 0 Å². The van der Waals surface area contributed by atoms with Crippen molar-refractivity contribution in [3.05, 3.63) is 80.7 Å². The Morgan fingerprint density at radius 3 is 2.42 bits per heavy atom. The van der Waals surface area contributed by atoms with Crippen molar-refractivity contribution in [3.8, 4) is 17.1 Å². The Bertz CT molecular complexity index is 1370. The summed E-state index contributed by atoms with van der Waals surface area (Å²) >= 11 is 0. The van der Waals surface area contributed by atoms with Crippen LogP contribution in [0.15, 0.2) is 58.1 Å². The van der Waals surface area contributed by atoms with E-state index < -0.39 is 11.2 Å². The molecule has 4 aromatic rings. The Labute approximate surface area is 178 Å². The summed E-state index contributed by atoms with van der Waals surface area (Å²) < 4.78 is 23.3. The smallest absolute Gasteiger partial charge is 0.332 e. The van der Waals surface area contributed by atoms with Crippen molar-refractivity contribution in [1.29, 1.82) is 0 Å². The molecule has 0 fully saturated rings. The van der Waals surface area contributed by atoms with E-state index in [9.17, 15) is 14.0 Å². The van der Waals surface area contributed by atoms with Gasteiger partial charge in [-0.1, -0.05) is 31.2 Å². The first-order chi connectivity index (χ1) is 15.0. The molecular formula is C23H23FN4O3. The molecule has 0 radical (unpaired) electrons. The zero-order chi connectivity index (χ0) is 22.1. The maximum atomic E-state index is 13.4. The van der Waals surface area contributed by atoms with Crippen LogP contribution in [0.1, 0.15) is 18.9 Å². The number of aromatic nitrogens is 4. The van der Waals surface area contributed by atoms with Crippen molar-refractivity contribution >= 4 is 11.2 Å². The van der Waals surface area contributed by atoms with Crippen LogP contribution in [0.25, 0.3) is 22.6 Å². The highest BCUT2D eigenvalue weighted by atomic mass is 19.1. The SMILES string of the molecule is CCCn1c(=O)c2c(nc(-c3ccccc3OC)n2Cc2ccc(F)cc2)n(C)c1=O. The first-order valence-electron chi connectivity index (χ1n) is 10.0. The second-order valence-electron chi connectivity index (χ2n) is 7.32. The van der Waals surface area contributed by atoms with Crippen molar-refractivity contribution in [1.82, 2.24) is 18.7 Å². The number of aryl methyl sites for hydroxylation is 1. The lowest BCUT2D eigenvalue weighted by Crippen LogP contribution is -2.39. The van der Waals surface area contributed by atoms with Crippen molar-refractivity contribution in [2.24, 2.45) is 7.05 Å². The van der Waals surface area contributed by atoms with Gasteiger partial charge in [0.25, 0.3) is 5.56 Å². The molecule has 0 spiro atoms. The Hall–Kier alpha value is -3.68. The molecule has 7 nitrogen and oxygen atoms in total. The molecule has 8 heteroatoms. The molecule has 0 atom stereocenters. The van der Waals surface area contributed by atoms with Gasteiger partial charge in [-0.2, -0.15) is 0 Å². The Morgan fingerprint density at radius 1 is 1.03 bits per heavy atom. The Morgan fingerprint density at radius 2 is 1.74 bits per heavy atom. The molecular weight excluding hydrogens is 399 g/mol. The molecule has 0 aliphatic rings. The average molecular weight is 422 g/mol. The molecule has 0 N–H and O–H groups in total. The molecule has 0 aliphatic heterocycles. The maximum Gasteiger partial charge on any atom is 0.332 e. The molecule has 2 aromatic carbocycles. The highest BCUT2D eigenvalue weighted by Gasteiger charge is 2.22. The van der Waals surface area contributed by atoms with Gasteiger partial charge in [0, 0.05) is 20.1 Å². The number of rotatable bonds is 6. The number of hydrogen-bond donors (Lipinski definition) is 0. The summed E-state index contributed by atoms with van der Waals surface area (Å²) in [6, 6.07) is 13.5. The van der Waals surface area contributed by atoms with Gasteiger partial charge in [-0.25, -0.2) is 14.2 Å². The second kappa shape index (κ2) is 8.22. The van der Waals surface area contributed by atoms with Crippen LogP contribution in [-0.2, 0) is 20.1 Å². The van der Waals surface area contributed by atoms with Gasteiger partial charge >= 0.3 is 5.69 Å². The molecule has 2 aromatic heterocycles. The van der Waals surface area contributed by atoms with Crippen LogP contribution in [-0.4, -0.2) is 25.8 Å². The zero-order valence-corrected chi connectivity index (χ0v) is 17.6. The number of nitrogens with zero attached hydrogens (tertiary/aromatic N) is 4. The first kappa shape index (κ1) is 20.6. The third-order valence-corrected chi connectivity index (χ3v) is 5.28. The van der Waals surface area contributed by atoms with E-state index in [0.29, 0.717) is 41.3 Å². The van der Waals surface area contributed by atoms with E-state index in [1.54, 1.807) is 30.9 Å². The number of imidazole rings is 1. The topological polar surface area (TPSA) is 71.1 Å². The fraction of sp³-hybridized carbons (Fsp3) is 0.261. The van der Waals surface area contributed by atoms with Gasteiger partial charge in [-0.05, 0) is 36.2 Å². The highest BCUT2D eigenvalue weighted by molar-refractivity contribution is 5.79. The predicted molar refractivity (Wildman–Crippen MR) is 117 cm³/mol. The van der Waals surface area contributed by atoms with Crippen molar-refractivity contribution < 1.29 is 9.13 Å². The summed E-state index contributed by atoms with van der Waals surface area (Å²) in [6.45, 7) is 2.50. The Kier molecular flexibility index (Phi) is 5.46. The molecule has 0 bridgehead atoms. The Balaban J connectivity index is 2.08. The minimum atomic E-state index is -0.405. The van der Waals surface area contributed by atoms with Crippen LogP contribution >= 0.6 is 0 Å². The maximum absolute atomic E-state index is 13.4. The number of halogens is 1. The molecule has 2 heterocycles. The monoisotopic (exact) mass is 422 g/mol. The largest absolute Gasteiger partial charge is 0.496 e. The summed E-state index contributed by atoms with van der Waals surface area (Å²) in [5, 5.41) is 0. The van der Waals surface area contributed by atoms with Crippen LogP contribution in [0.2, 0.25) is 0 Å². The number of ether oxygens (including phenoxy) is 1. The van der Waals surface area contributed by atoms with Crippen LogP contribution < -0.4 is 16.0 Å². The summed E-state index contributed by atoms with van der Waals surface area (Å²) in [4.78, 5) is 30.8. The minimum absolute atomic E-state index is 0.281. The molecule has 0 saturated heterocycles. The number of fused-ring (bicyclic) bond motifs is 1. The van der Waals surface area contributed by atoms with E-state index in [2.05, 4.69) is 4.98 Å². The van der Waals surface area contributed by atoms with Gasteiger partial charge in [0.05, 0.1) is 12.7 Å². The fourth-order valence-electron chi connectivity index (χ4n) is 3.75. The van der Waals surface area contributed by atoms with Gasteiger partial charge in [0.15, 0.2) is 11.2 Å². The molecule has 0 unspecified atom stereocenters. The van der Waals surface area contributed by atoms with Gasteiger partial charge < -0.3 is 9.30 Å². The predicted octanol–water partition coefficient (Wildman–Crippen LogP) is 3.17. The van der Waals surface area contributed by atoms with Gasteiger partial charge in [-0.3, -0.25) is 13.9 Å². The molecule has 0 saturated carbocycles. The second-order valence-corrected chi connectivity index (χ2v) is 7.32. The van der Waals surface area contributed by atoms with Crippen LogP contribution in [0.5, 0.6) is 5.75 Å². The van der Waals surface area contributed by atoms with E-state index in [-0.39, 0.29) is 12.4 Å². The summed E-state index contributed by atoms with van der Waals surface area (Å²) in [5.74, 6) is 0.757. The minimum Gasteiger partial charge on any atom is -0.496 e. The fourth-order valence-corrected chi connectivity index (χ4v) is 3.75. The van der Waals surface area contributed by atoms with Crippen molar-refractivity contribution in [2.45, 2.75) is 26.4 Å². The molecule has 31 heavy (non-hydrogen) atoms. The van der Waals surface area contributed by atoms with Crippen molar-refractivity contribution in [2.75, 3.05) is 7.11 Å².